The zero-order valence-corrected chi connectivity index (χ0v) is 15.4. The van der Waals surface area contributed by atoms with Crippen LogP contribution < -0.4 is 4.90 Å². The van der Waals surface area contributed by atoms with Crippen LogP contribution in [0.25, 0.3) is 0 Å². The third-order valence-electron chi connectivity index (χ3n) is 5.56. The SMILES string of the molecule is CC(C)CCN1CCC(CN2CC(C)(C)c3ncccc32)CC1. The van der Waals surface area contributed by atoms with E-state index in [0.717, 1.165) is 18.4 Å². The molecule has 3 nitrogen and oxygen atoms in total. The molecule has 128 valence electrons. The van der Waals surface area contributed by atoms with Gasteiger partial charge in [0.2, 0.25) is 0 Å². The van der Waals surface area contributed by atoms with Crippen LogP contribution in [-0.2, 0) is 5.41 Å². The highest BCUT2D eigenvalue weighted by Gasteiger charge is 2.37. The Labute approximate surface area is 142 Å². The van der Waals surface area contributed by atoms with Gasteiger partial charge >= 0.3 is 0 Å². The van der Waals surface area contributed by atoms with Gasteiger partial charge in [-0.05, 0) is 62.9 Å². The largest absolute Gasteiger partial charge is 0.369 e. The maximum atomic E-state index is 4.66. The first-order valence-electron chi connectivity index (χ1n) is 9.38. The molecule has 3 rings (SSSR count). The molecule has 0 spiro atoms. The fourth-order valence-corrected chi connectivity index (χ4v) is 4.12. The Hall–Kier alpha value is -1.09. The van der Waals surface area contributed by atoms with Crippen molar-refractivity contribution in [1.29, 1.82) is 0 Å². The van der Waals surface area contributed by atoms with Crippen molar-refractivity contribution in [3.05, 3.63) is 24.0 Å². The van der Waals surface area contributed by atoms with Gasteiger partial charge in [-0.1, -0.05) is 27.7 Å². The van der Waals surface area contributed by atoms with Gasteiger partial charge in [0.15, 0.2) is 0 Å². The molecule has 0 aliphatic carbocycles. The number of rotatable bonds is 5. The number of hydrogen-bond acceptors (Lipinski definition) is 3. The second-order valence-corrected chi connectivity index (χ2v) is 8.60. The molecule has 0 unspecified atom stereocenters. The lowest BCUT2D eigenvalue weighted by Crippen LogP contribution is -2.40. The van der Waals surface area contributed by atoms with Crippen molar-refractivity contribution in [1.82, 2.24) is 9.88 Å². The number of piperidine rings is 1. The molecule has 1 aromatic rings. The zero-order chi connectivity index (χ0) is 16.4. The lowest BCUT2D eigenvalue weighted by molar-refractivity contribution is 0.178. The molecule has 0 atom stereocenters. The fraction of sp³-hybridized carbons (Fsp3) is 0.750. The van der Waals surface area contributed by atoms with E-state index in [1.165, 1.54) is 56.8 Å². The Morgan fingerprint density at radius 1 is 1.26 bits per heavy atom. The van der Waals surface area contributed by atoms with Crippen LogP contribution in [0.5, 0.6) is 0 Å². The Morgan fingerprint density at radius 3 is 2.70 bits per heavy atom. The van der Waals surface area contributed by atoms with Crippen LogP contribution in [0.2, 0.25) is 0 Å². The topological polar surface area (TPSA) is 19.4 Å². The molecule has 0 aromatic carbocycles. The molecule has 1 saturated heterocycles. The fourth-order valence-electron chi connectivity index (χ4n) is 4.12. The van der Waals surface area contributed by atoms with Crippen molar-refractivity contribution in [2.24, 2.45) is 11.8 Å². The number of anilines is 1. The van der Waals surface area contributed by atoms with Crippen LogP contribution in [-0.4, -0.2) is 42.6 Å². The molecule has 3 heteroatoms. The predicted molar refractivity (Wildman–Crippen MR) is 98.1 cm³/mol. The summed E-state index contributed by atoms with van der Waals surface area (Å²) in [6, 6.07) is 4.34. The Kier molecular flexibility index (Phi) is 4.96. The van der Waals surface area contributed by atoms with E-state index in [1.54, 1.807) is 0 Å². The van der Waals surface area contributed by atoms with Gasteiger partial charge in [0.05, 0.1) is 11.4 Å². The summed E-state index contributed by atoms with van der Waals surface area (Å²) in [5, 5.41) is 0. The standard InChI is InChI=1S/C20H33N3/c1-16(2)7-11-22-12-8-17(9-13-22)14-23-15-20(3,4)19-18(23)6-5-10-21-19/h5-6,10,16-17H,7-9,11-15H2,1-4H3. The highest BCUT2D eigenvalue weighted by Crippen LogP contribution is 2.39. The first-order valence-corrected chi connectivity index (χ1v) is 9.38. The predicted octanol–water partition coefficient (Wildman–Crippen LogP) is 3.94. The Bertz CT molecular complexity index is 515. The number of fused-ring (bicyclic) bond motifs is 1. The number of aromatic nitrogens is 1. The highest BCUT2D eigenvalue weighted by atomic mass is 15.2. The van der Waals surface area contributed by atoms with Crippen molar-refractivity contribution < 1.29 is 0 Å². The summed E-state index contributed by atoms with van der Waals surface area (Å²) < 4.78 is 0. The minimum absolute atomic E-state index is 0.189. The van der Waals surface area contributed by atoms with E-state index in [2.05, 4.69) is 54.6 Å². The van der Waals surface area contributed by atoms with E-state index in [9.17, 15) is 0 Å². The lowest BCUT2D eigenvalue weighted by Gasteiger charge is -2.35. The summed E-state index contributed by atoms with van der Waals surface area (Å²) in [4.78, 5) is 9.92. The van der Waals surface area contributed by atoms with Crippen LogP contribution in [0.3, 0.4) is 0 Å². The highest BCUT2D eigenvalue weighted by molar-refractivity contribution is 5.59. The van der Waals surface area contributed by atoms with E-state index in [1.807, 2.05) is 6.20 Å². The summed E-state index contributed by atoms with van der Waals surface area (Å²) >= 11 is 0. The minimum Gasteiger partial charge on any atom is -0.369 e. The van der Waals surface area contributed by atoms with Crippen LogP contribution in [0, 0.1) is 11.8 Å². The molecule has 0 N–H and O–H groups in total. The van der Waals surface area contributed by atoms with Gasteiger partial charge in [-0.15, -0.1) is 0 Å². The van der Waals surface area contributed by atoms with E-state index in [0.29, 0.717) is 0 Å². The molecule has 1 fully saturated rings. The van der Waals surface area contributed by atoms with E-state index >= 15 is 0 Å². The van der Waals surface area contributed by atoms with Gasteiger partial charge in [0.1, 0.15) is 0 Å². The summed E-state index contributed by atoms with van der Waals surface area (Å²) in [7, 11) is 0. The average molecular weight is 316 g/mol. The molecule has 2 aliphatic heterocycles. The smallest absolute Gasteiger partial charge is 0.0710 e. The summed E-state index contributed by atoms with van der Waals surface area (Å²) in [6.07, 6.45) is 5.98. The minimum atomic E-state index is 0.189. The van der Waals surface area contributed by atoms with Crippen molar-refractivity contribution in [2.45, 2.75) is 52.4 Å². The molecular weight excluding hydrogens is 282 g/mol. The van der Waals surface area contributed by atoms with Gasteiger partial charge in [-0.2, -0.15) is 0 Å². The van der Waals surface area contributed by atoms with E-state index in [4.69, 9.17) is 0 Å². The quantitative estimate of drug-likeness (QED) is 0.820. The van der Waals surface area contributed by atoms with Gasteiger partial charge < -0.3 is 9.80 Å². The number of nitrogens with zero attached hydrogens (tertiary/aromatic N) is 3. The average Bonchev–Trinajstić information content (AvgIpc) is 2.78. The molecule has 0 amide bonds. The number of likely N-dealkylation sites (tertiary alicyclic amines) is 1. The molecule has 0 bridgehead atoms. The Morgan fingerprint density at radius 2 is 2.00 bits per heavy atom. The van der Waals surface area contributed by atoms with Crippen LogP contribution in [0.1, 0.15) is 52.7 Å². The van der Waals surface area contributed by atoms with Crippen LogP contribution in [0.4, 0.5) is 5.69 Å². The van der Waals surface area contributed by atoms with Crippen LogP contribution in [0.15, 0.2) is 18.3 Å². The first kappa shape index (κ1) is 16.8. The maximum absolute atomic E-state index is 4.66. The second kappa shape index (κ2) is 6.80. The van der Waals surface area contributed by atoms with Crippen molar-refractivity contribution >= 4 is 5.69 Å². The second-order valence-electron chi connectivity index (χ2n) is 8.60. The van der Waals surface area contributed by atoms with Crippen molar-refractivity contribution in [3.8, 4) is 0 Å². The summed E-state index contributed by atoms with van der Waals surface area (Å²) in [5.41, 5.74) is 2.85. The van der Waals surface area contributed by atoms with Crippen molar-refractivity contribution in [2.75, 3.05) is 37.6 Å². The monoisotopic (exact) mass is 315 g/mol. The Balaban J connectivity index is 1.54. The van der Waals surface area contributed by atoms with E-state index in [-0.39, 0.29) is 5.41 Å². The molecule has 3 heterocycles. The molecule has 2 aliphatic rings. The molecule has 1 aromatic heterocycles. The van der Waals surface area contributed by atoms with Gasteiger partial charge in [0, 0.05) is 24.7 Å². The van der Waals surface area contributed by atoms with E-state index < -0.39 is 0 Å². The molecule has 0 radical (unpaired) electrons. The normalized spacial score (nSPS) is 21.9. The number of pyridine rings is 1. The third-order valence-corrected chi connectivity index (χ3v) is 5.56. The molecular formula is C20H33N3. The zero-order valence-electron chi connectivity index (χ0n) is 15.4. The summed E-state index contributed by atoms with van der Waals surface area (Å²) in [5.74, 6) is 1.66. The molecule has 0 saturated carbocycles. The summed E-state index contributed by atoms with van der Waals surface area (Å²) in [6.45, 7) is 15.5. The van der Waals surface area contributed by atoms with Gasteiger partial charge in [-0.3, -0.25) is 4.98 Å². The van der Waals surface area contributed by atoms with Gasteiger partial charge in [0.25, 0.3) is 0 Å². The van der Waals surface area contributed by atoms with Crippen LogP contribution >= 0.6 is 0 Å². The first-order chi connectivity index (χ1) is 11.0. The van der Waals surface area contributed by atoms with Crippen molar-refractivity contribution in [3.63, 3.8) is 0 Å². The molecule has 23 heavy (non-hydrogen) atoms. The number of hydrogen-bond donors (Lipinski definition) is 0. The lowest BCUT2D eigenvalue weighted by atomic mass is 9.91. The third kappa shape index (κ3) is 3.88. The van der Waals surface area contributed by atoms with Gasteiger partial charge in [-0.25, -0.2) is 0 Å². The maximum Gasteiger partial charge on any atom is 0.0710 e.